The maximum atomic E-state index is 12.8. The third-order valence-corrected chi connectivity index (χ3v) is 5.38. The van der Waals surface area contributed by atoms with Crippen molar-refractivity contribution < 1.29 is 14.3 Å². The number of aromatic nitrogens is 2. The predicted molar refractivity (Wildman–Crippen MR) is 123 cm³/mol. The van der Waals surface area contributed by atoms with Crippen LogP contribution in [0.5, 0.6) is 11.5 Å². The van der Waals surface area contributed by atoms with Crippen molar-refractivity contribution in [3.63, 3.8) is 0 Å². The molecule has 0 aliphatic rings. The van der Waals surface area contributed by atoms with E-state index >= 15 is 0 Å². The Kier molecular flexibility index (Phi) is 6.96. The second-order valence-corrected chi connectivity index (χ2v) is 7.48. The van der Waals surface area contributed by atoms with Gasteiger partial charge in [-0.1, -0.05) is 18.2 Å². The molecule has 7 nitrogen and oxygen atoms in total. The number of carbonyl (C=O) groups excluding carboxylic acids is 1. The summed E-state index contributed by atoms with van der Waals surface area (Å²) < 4.78 is 10.6. The van der Waals surface area contributed by atoms with Crippen LogP contribution in [0.15, 0.2) is 48.2 Å². The average molecular weight is 431 g/mol. The van der Waals surface area contributed by atoms with Crippen molar-refractivity contribution in [2.75, 3.05) is 14.2 Å². The molecule has 164 valence electrons. The van der Waals surface area contributed by atoms with Crippen molar-refractivity contribution in [3.05, 3.63) is 70.4 Å². The van der Waals surface area contributed by atoms with Gasteiger partial charge in [0.1, 0.15) is 11.6 Å². The van der Waals surface area contributed by atoms with Gasteiger partial charge in [0.2, 0.25) is 0 Å². The highest BCUT2D eigenvalue weighted by Crippen LogP contribution is 2.33. The number of nitrogens with one attached hydrogen (secondary N) is 2. The number of nitriles is 1. The molecule has 0 aliphatic carbocycles. The number of aryl methyl sites for hydroxylation is 2. The summed E-state index contributed by atoms with van der Waals surface area (Å²) in [6.45, 7) is 5.96. The Bertz CT molecular complexity index is 1200. The molecule has 1 unspecified atom stereocenters. The van der Waals surface area contributed by atoms with Gasteiger partial charge in [0, 0.05) is 11.1 Å². The highest BCUT2D eigenvalue weighted by atomic mass is 16.5. The first-order chi connectivity index (χ1) is 15.4. The van der Waals surface area contributed by atoms with Gasteiger partial charge in [0.25, 0.3) is 5.91 Å². The van der Waals surface area contributed by atoms with Crippen LogP contribution < -0.4 is 14.8 Å². The van der Waals surface area contributed by atoms with E-state index in [1.165, 1.54) is 11.6 Å². The monoisotopic (exact) mass is 430 g/mol. The molecule has 0 spiro atoms. The van der Waals surface area contributed by atoms with Crippen LogP contribution in [0.25, 0.3) is 17.3 Å². The molecule has 0 radical (unpaired) electrons. The quantitative estimate of drug-likeness (QED) is 0.425. The topological polar surface area (TPSA) is 100 Å². The van der Waals surface area contributed by atoms with Crippen molar-refractivity contribution >= 4 is 12.0 Å². The molecular formula is C25H26N4O3. The Morgan fingerprint density at radius 2 is 1.88 bits per heavy atom. The molecule has 0 saturated carbocycles. The largest absolute Gasteiger partial charge is 0.493 e. The van der Waals surface area contributed by atoms with Gasteiger partial charge in [-0.3, -0.25) is 9.89 Å². The highest BCUT2D eigenvalue weighted by Gasteiger charge is 2.17. The Morgan fingerprint density at radius 3 is 2.53 bits per heavy atom. The van der Waals surface area contributed by atoms with Crippen LogP contribution in [0.2, 0.25) is 0 Å². The van der Waals surface area contributed by atoms with Gasteiger partial charge in [-0.25, -0.2) is 0 Å². The molecule has 1 amide bonds. The highest BCUT2D eigenvalue weighted by molar-refractivity contribution is 6.02. The summed E-state index contributed by atoms with van der Waals surface area (Å²) in [5.41, 5.74) is 5.37. The van der Waals surface area contributed by atoms with E-state index in [9.17, 15) is 10.1 Å². The summed E-state index contributed by atoms with van der Waals surface area (Å²) in [6, 6.07) is 13.2. The number of carbonyl (C=O) groups is 1. The first-order valence-corrected chi connectivity index (χ1v) is 10.1. The standard InChI is InChI=1S/C25H26N4O3/c1-15-6-7-18(10-16(15)2)17(3)28-25(30)20(13-26)11-21-14-27-29-24(21)19-8-9-22(31-4)23(12-19)32-5/h6-12,14,17H,1-5H3,(H,27,29)(H,28,30)/b20-11+. The molecule has 3 rings (SSSR count). The van der Waals surface area contributed by atoms with Crippen LogP contribution in [-0.4, -0.2) is 30.3 Å². The van der Waals surface area contributed by atoms with Gasteiger partial charge in [-0.05, 0) is 61.7 Å². The van der Waals surface area contributed by atoms with Crippen molar-refractivity contribution in [3.8, 4) is 28.8 Å². The van der Waals surface area contributed by atoms with E-state index in [4.69, 9.17) is 9.47 Å². The third-order valence-electron chi connectivity index (χ3n) is 5.38. The van der Waals surface area contributed by atoms with Crippen LogP contribution in [0.1, 0.15) is 35.2 Å². The second-order valence-electron chi connectivity index (χ2n) is 7.48. The smallest absolute Gasteiger partial charge is 0.262 e. The lowest BCUT2D eigenvalue weighted by Crippen LogP contribution is -2.27. The molecule has 3 aromatic rings. The van der Waals surface area contributed by atoms with Gasteiger partial charge in [-0.15, -0.1) is 0 Å². The number of H-pyrrole nitrogens is 1. The molecule has 1 aromatic heterocycles. The van der Waals surface area contributed by atoms with Crippen molar-refractivity contribution in [1.29, 1.82) is 5.26 Å². The molecule has 1 heterocycles. The first-order valence-electron chi connectivity index (χ1n) is 10.1. The molecule has 0 fully saturated rings. The lowest BCUT2D eigenvalue weighted by molar-refractivity contribution is -0.117. The van der Waals surface area contributed by atoms with Crippen LogP contribution >= 0.6 is 0 Å². The summed E-state index contributed by atoms with van der Waals surface area (Å²) in [6.07, 6.45) is 3.10. The minimum atomic E-state index is -0.447. The maximum absolute atomic E-state index is 12.8. The van der Waals surface area contributed by atoms with Crippen molar-refractivity contribution in [2.24, 2.45) is 0 Å². The number of amides is 1. The van der Waals surface area contributed by atoms with Gasteiger partial charge in [0.15, 0.2) is 11.5 Å². The molecule has 2 N–H and O–H groups in total. The summed E-state index contributed by atoms with van der Waals surface area (Å²) in [5, 5.41) is 19.5. The molecule has 0 saturated heterocycles. The minimum absolute atomic E-state index is 0.0104. The van der Waals surface area contributed by atoms with E-state index in [0.717, 1.165) is 16.7 Å². The summed E-state index contributed by atoms with van der Waals surface area (Å²) in [7, 11) is 3.13. The Balaban J connectivity index is 1.86. The Morgan fingerprint density at radius 1 is 1.12 bits per heavy atom. The van der Waals surface area contributed by atoms with E-state index in [1.54, 1.807) is 32.5 Å². The molecule has 32 heavy (non-hydrogen) atoms. The SMILES string of the molecule is COc1ccc(-c2[nH]ncc2/C=C(\C#N)C(=O)NC(C)c2ccc(C)c(C)c2)cc1OC. The number of aromatic amines is 1. The van der Waals surface area contributed by atoms with E-state index in [1.807, 2.05) is 51.1 Å². The predicted octanol–water partition coefficient (Wildman–Crippen LogP) is 4.50. The fourth-order valence-corrected chi connectivity index (χ4v) is 3.32. The van der Waals surface area contributed by atoms with Gasteiger partial charge in [-0.2, -0.15) is 10.4 Å². The zero-order valence-electron chi connectivity index (χ0n) is 18.8. The van der Waals surface area contributed by atoms with Gasteiger partial charge in [0.05, 0.1) is 32.2 Å². The van der Waals surface area contributed by atoms with Gasteiger partial charge < -0.3 is 14.8 Å². The Hall–Kier alpha value is -4.05. The van der Waals surface area contributed by atoms with E-state index in [0.29, 0.717) is 22.8 Å². The van der Waals surface area contributed by atoms with Crippen LogP contribution in [0.4, 0.5) is 0 Å². The lowest BCUT2D eigenvalue weighted by atomic mass is 10.0. The maximum Gasteiger partial charge on any atom is 0.262 e. The van der Waals surface area contributed by atoms with Crippen LogP contribution in [0.3, 0.4) is 0 Å². The number of rotatable bonds is 7. The summed E-state index contributed by atoms with van der Waals surface area (Å²) >= 11 is 0. The van der Waals surface area contributed by atoms with E-state index in [-0.39, 0.29) is 11.6 Å². The normalized spacial score (nSPS) is 12.1. The van der Waals surface area contributed by atoms with Crippen LogP contribution in [0, 0.1) is 25.2 Å². The van der Waals surface area contributed by atoms with E-state index < -0.39 is 5.91 Å². The van der Waals surface area contributed by atoms with E-state index in [2.05, 4.69) is 15.5 Å². The summed E-state index contributed by atoms with van der Waals surface area (Å²) in [5.74, 6) is 0.720. The van der Waals surface area contributed by atoms with Crippen molar-refractivity contribution in [1.82, 2.24) is 15.5 Å². The fraction of sp³-hybridized carbons (Fsp3) is 0.240. The number of benzene rings is 2. The number of methoxy groups -OCH3 is 2. The third kappa shape index (κ3) is 4.81. The first kappa shape index (κ1) is 22.6. The second kappa shape index (κ2) is 9.84. The number of ether oxygens (including phenoxy) is 2. The van der Waals surface area contributed by atoms with Crippen LogP contribution in [-0.2, 0) is 4.79 Å². The number of hydrogen-bond acceptors (Lipinski definition) is 5. The molecular weight excluding hydrogens is 404 g/mol. The van der Waals surface area contributed by atoms with Crippen molar-refractivity contribution in [2.45, 2.75) is 26.8 Å². The Labute approximate surface area is 187 Å². The summed E-state index contributed by atoms with van der Waals surface area (Å²) in [4.78, 5) is 12.8. The fourth-order valence-electron chi connectivity index (χ4n) is 3.32. The molecule has 1 atom stereocenters. The molecule has 2 aromatic carbocycles. The zero-order chi connectivity index (χ0) is 23.3. The minimum Gasteiger partial charge on any atom is -0.493 e. The molecule has 7 heteroatoms. The molecule has 0 aliphatic heterocycles. The average Bonchev–Trinajstić information content (AvgIpc) is 3.26. The lowest BCUT2D eigenvalue weighted by Gasteiger charge is -2.15. The molecule has 0 bridgehead atoms. The van der Waals surface area contributed by atoms with Gasteiger partial charge >= 0.3 is 0 Å². The zero-order valence-corrected chi connectivity index (χ0v) is 18.8. The number of hydrogen-bond donors (Lipinski definition) is 2. The number of nitrogens with zero attached hydrogens (tertiary/aromatic N) is 2.